The molecule has 2 aromatic rings. The van der Waals surface area contributed by atoms with Gasteiger partial charge in [-0.1, -0.05) is 12.1 Å². The Bertz CT molecular complexity index is 947. The van der Waals surface area contributed by atoms with E-state index in [4.69, 9.17) is 4.74 Å². The fraction of sp³-hybridized carbons (Fsp3) is 0.444. The van der Waals surface area contributed by atoms with Gasteiger partial charge in [-0.05, 0) is 120 Å². The molecule has 1 saturated heterocycles. The Morgan fingerprint density at radius 3 is 2.42 bits per heavy atom. The first-order valence-corrected chi connectivity index (χ1v) is 11.1. The Labute approximate surface area is 186 Å². The molecule has 0 aliphatic carbocycles. The summed E-state index contributed by atoms with van der Waals surface area (Å²) in [7, 11) is 0. The second kappa shape index (κ2) is 9.69. The molecule has 1 N–H and O–H groups in total. The minimum atomic E-state index is -0.0377. The van der Waals surface area contributed by atoms with E-state index in [-0.39, 0.29) is 17.1 Å². The smallest absolute Gasteiger partial charge is 0.186 e. The zero-order chi connectivity index (χ0) is 22.6. The van der Waals surface area contributed by atoms with E-state index in [0.29, 0.717) is 11.5 Å². The highest BCUT2D eigenvalue weighted by atomic mass is 16.5. The molecule has 0 aromatic heterocycles. The summed E-state index contributed by atoms with van der Waals surface area (Å²) in [5, 5.41) is 9.63. The van der Waals surface area contributed by atoms with Crippen molar-refractivity contribution >= 4 is 11.9 Å². The number of phenols is 1. The number of aromatic hydroxyl groups is 1. The topological polar surface area (TPSA) is 49.8 Å². The maximum atomic E-state index is 12.6. The lowest BCUT2D eigenvalue weighted by molar-refractivity contribution is 0.0720. The molecule has 4 heteroatoms. The van der Waals surface area contributed by atoms with Crippen LogP contribution in [0.3, 0.4) is 0 Å². The van der Waals surface area contributed by atoms with E-state index in [1.165, 1.54) is 0 Å². The number of ketones is 1. The molecule has 0 amide bonds. The fourth-order valence-corrected chi connectivity index (χ4v) is 4.03. The van der Waals surface area contributed by atoms with Gasteiger partial charge >= 0.3 is 0 Å². The second-order valence-electron chi connectivity index (χ2n) is 9.63. The number of carbonyl (C=O) groups excluding carboxylic acids is 1. The van der Waals surface area contributed by atoms with Crippen LogP contribution in [0.4, 0.5) is 0 Å². The molecule has 31 heavy (non-hydrogen) atoms. The second-order valence-corrected chi connectivity index (χ2v) is 9.63. The van der Waals surface area contributed by atoms with Crippen LogP contribution in [-0.2, 0) is 0 Å². The Balaban J connectivity index is 1.55. The SMILES string of the molecule is Cc1cc(/C=C/C(=O)c2ccc(OCC3CCN(C(C)(C)C)CC3)cc2C)ccc1O. The van der Waals surface area contributed by atoms with E-state index in [9.17, 15) is 9.90 Å². The lowest BCUT2D eigenvalue weighted by Crippen LogP contribution is -2.46. The highest BCUT2D eigenvalue weighted by molar-refractivity contribution is 6.07. The Kier molecular flexibility index (Phi) is 7.22. The number of ether oxygens (including phenoxy) is 1. The number of nitrogens with zero attached hydrogens (tertiary/aromatic N) is 1. The van der Waals surface area contributed by atoms with Crippen molar-refractivity contribution in [2.45, 2.75) is 53.0 Å². The van der Waals surface area contributed by atoms with Gasteiger partial charge in [0.05, 0.1) is 6.61 Å². The summed E-state index contributed by atoms with van der Waals surface area (Å²) in [5.74, 6) is 1.63. The maximum Gasteiger partial charge on any atom is 0.186 e. The normalized spacial score (nSPS) is 16.0. The molecule has 1 fully saturated rings. The van der Waals surface area contributed by atoms with Gasteiger partial charge in [0.25, 0.3) is 0 Å². The van der Waals surface area contributed by atoms with Crippen molar-refractivity contribution in [1.82, 2.24) is 4.90 Å². The molecule has 0 spiro atoms. The summed E-state index contributed by atoms with van der Waals surface area (Å²) in [6.07, 6.45) is 5.68. The summed E-state index contributed by atoms with van der Waals surface area (Å²) >= 11 is 0. The largest absolute Gasteiger partial charge is 0.508 e. The predicted molar refractivity (Wildman–Crippen MR) is 127 cm³/mol. The molecular formula is C27H35NO3. The number of piperidine rings is 1. The van der Waals surface area contributed by atoms with Crippen LogP contribution in [0.5, 0.6) is 11.5 Å². The van der Waals surface area contributed by atoms with Crippen molar-refractivity contribution in [3.63, 3.8) is 0 Å². The van der Waals surface area contributed by atoms with Crippen molar-refractivity contribution in [2.24, 2.45) is 5.92 Å². The summed E-state index contributed by atoms with van der Waals surface area (Å²) in [6, 6.07) is 11.0. The van der Waals surface area contributed by atoms with Crippen LogP contribution in [0.15, 0.2) is 42.5 Å². The van der Waals surface area contributed by atoms with Gasteiger partial charge in [0.1, 0.15) is 11.5 Å². The average molecular weight is 422 g/mol. The molecule has 3 rings (SSSR count). The third-order valence-electron chi connectivity index (χ3n) is 6.16. The van der Waals surface area contributed by atoms with Gasteiger partial charge in [0.15, 0.2) is 5.78 Å². The molecule has 1 aliphatic rings. The molecule has 0 bridgehead atoms. The number of hydrogen-bond acceptors (Lipinski definition) is 4. The van der Waals surface area contributed by atoms with E-state index in [0.717, 1.165) is 55.0 Å². The van der Waals surface area contributed by atoms with Gasteiger partial charge in [-0.25, -0.2) is 0 Å². The Morgan fingerprint density at radius 1 is 1.10 bits per heavy atom. The van der Waals surface area contributed by atoms with E-state index in [1.807, 2.05) is 38.1 Å². The van der Waals surface area contributed by atoms with Crippen molar-refractivity contribution < 1.29 is 14.6 Å². The molecule has 1 aliphatic heterocycles. The van der Waals surface area contributed by atoms with Crippen LogP contribution in [0, 0.1) is 19.8 Å². The standard InChI is InChI=1S/C27H35NO3/c1-19-17-23(31-18-22-12-14-28(15-13-22)27(3,4)5)8-9-24(19)26(30)11-7-21-6-10-25(29)20(2)16-21/h6-11,16-17,22,29H,12-15,18H2,1-5H3/b11-7+. The van der Waals surface area contributed by atoms with Gasteiger partial charge < -0.3 is 9.84 Å². The Morgan fingerprint density at radius 2 is 1.81 bits per heavy atom. The van der Waals surface area contributed by atoms with Crippen LogP contribution in [-0.4, -0.2) is 41.0 Å². The number of phenolic OH excluding ortho intramolecular Hbond substituents is 1. The van der Waals surface area contributed by atoms with Gasteiger partial charge in [0.2, 0.25) is 0 Å². The van der Waals surface area contributed by atoms with E-state index in [1.54, 1.807) is 24.3 Å². The van der Waals surface area contributed by atoms with Crippen LogP contribution in [0.2, 0.25) is 0 Å². The Hall–Kier alpha value is -2.59. The predicted octanol–water partition coefficient (Wildman–Crippen LogP) is 5.79. The van der Waals surface area contributed by atoms with Crippen LogP contribution < -0.4 is 4.74 Å². The number of rotatable bonds is 6. The summed E-state index contributed by atoms with van der Waals surface area (Å²) in [4.78, 5) is 15.2. The van der Waals surface area contributed by atoms with Crippen LogP contribution >= 0.6 is 0 Å². The van der Waals surface area contributed by atoms with Crippen molar-refractivity contribution in [1.29, 1.82) is 0 Å². The lowest BCUT2D eigenvalue weighted by Gasteiger charge is -2.40. The first-order chi connectivity index (χ1) is 14.6. The molecule has 0 radical (unpaired) electrons. The zero-order valence-corrected chi connectivity index (χ0v) is 19.4. The fourth-order valence-electron chi connectivity index (χ4n) is 4.03. The third-order valence-corrected chi connectivity index (χ3v) is 6.16. The van der Waals surface area contributed by atoms with Gasteiger partial charge in [0, 0.05) is 11.1 Å². The van der Waals surface area contributed by atoms with E-state index in [2.05, 4.69) is 25.7 Å². The molecule has 0 saturated carbocycles. The highest BCUT2D eigenvalue weighted by Gasteiger charge is 2.27. The number of likely N-dealkylation sites (tertiary alicyclic amines) is 1. The number of allylic oxidation sites excluding steroid dienone is 1. The average Bonchev–Trinajstić information content (AvgIpc) is 2.72. The minimum Gasteiger partial charge on any atom is -0.508 e. The monoisotopic (exact) mass is 421 g/mol. The first-order valence-electron chi connectivity index (χ1n) is 11.1. The lowest BCUT2D eigenvalue weighted by atomic mass is 9.93. The summed E-state index contributed by atoms with van der Waals surface area (Å²) < 4.78 is 6.06. The van der Waals surface area contributed by atoms with E-state index < -0.39 is 0 Å². The first kappa shape index (κ1) is 23.1. The molecule has 1 heterocycles. The van der Waals surface area contributed by atoms with Crippen molar-refractivity contribution in [2.75, 3.05) is 19.7 Å². The quantitative estimate of drug-likeness (QED) is 0.473. The molecule has 2 aromatic carbocycles. The third kappa shape index (κ3) is 6.20. The summed E-state index contributed by atoms with van der Waals surface area (Å²) in [5.41, 5.74) is 3.50. The molecule has 0 unspecified atom stereocenters. The van der Waals surface area contributed by atoms with E-state index >= 15 is 0 Å². The van der Waals surface area contributed by atoms with Crippen LogP contribution in [0.1, 0.15) is 60.7 Å². The van der Waals surface area contributed by atoms with Gasteiger partial charge in [-0.3, -0.25) is 9.69 Å². The number of hydrogen-bond donors (Lipinski definition) is 1. The number of benzene rings is 2. The molecule has 4 nitrogen and oxygen atoms in total. The molecular weight excluding hydrogens is 386 g/mol. The van der Waals surface area contributed by atoms with Crippen molar-refractivity contribution in [3.8, 4) is 11.5 Å². The van der Waals surface area contributed by atoms with Gasteiger partial charge in [-0.15, -0.1) is 0 Å². The maximum absolute atomic E-state index is 12.6. The minimum absolute atomic E-state index is 0.0377. The van der Waals surface area contributed by atoms with Gasteiger partial charge in [-0.2, -0.15) is 0 Å². The zero-order valence-electron chi connectivity index (χ0n) is 19.4. The van der Waals surface area contributed by atoms with Crippen molar-refractivity contribution in [3.05, 3.63) is 64.7 Å². The summed E-state index contributed by atoms with van der Waals surface area (Å²) in [6.45, 7) is 13.6. The highest BCUT2D eigenvalue weighted by Crippen LogP contribution is 2.25. The molecule has 0 atom stereocenters. The molecule has 166 valence electrons. The van der Waals surface area contributed by atoms with Crippen LogP contribution in [0.25, 0.3) is 6.08 Å². The number of aryl methyl sites for hydroxylation is 2. The number of carbonyl (C=O) groups is 1.